The first-order valence-corrected chi connectivity index (χ1v) is 6.57. The molecule has 0 atom stereocenters. The molecule has 96 valence electrons. The first-order chi connectivity index (χ1) is 8.06. The van der Waals surface area contributed by atoms with Gasteiger partial charge in [0.05, 0.1) is 25.4 Å². The van der Waals surface area contributed by atoms with Gasteiger partial charge in [0.2, 0.25) is 0 Å². The molecule has 0 aliphatic carbocycles. The van der Waals surface area contributed by atoms with E-state index in [0.29, 0.717) is 24.8 Å². The fourth-order valence-corrected chi connectivity index (χ4v) is 2.92. The Labute approximate surface area is 106 Å². The van der Waals surface area contributed by atoms with Crippen LogP contribution in [-0.2, 0) is 4.74 Å². The Morgan fingerprint density at radius 2 is 2.35 bits per heavy atom. The van der Waals surface area contributed by atoms with E-state index in [1.54, 1.807) is 0 Å². The van der Waals surface area contributed by atoms with E-state index in [2.05, 4.69) is 23.1 Å². The van der Waals surface area contributed by atoms with Crippen LogP contribution >= 0.6 is 11.5 Å². The molecule has 1 saturated heterocycles. The maximum atomic E-state index is 5.84. The lowest BCUT2D eigenvalue weighted by atomic mass is 10.0. The Morgan fingerprint density at radius 1 is 1.59 bits per heavy atom. The minimum Gasteiger partial charge on any atom is -0.487 e. The number of morpholine rings is 1. The average Bonchev–Trinajstić information content (AvgIpc) is 2.61. The second kappa shape index (κ2) is 4.70. The molecule has 17 heavy (non-hydrogen) atoms. The summed E-state index contributed by atoms with van der Waals surface area (Å²) in [7, 11) is 0. The van der Waals surface area contributed by atoms with Crippen molar-refractivity contribution in [3.8, 4) is 5.75 Å². The highest BCUT2D eigenvalue weighted by atomic mass is 32.1. The van der Waals surface area contributed by atoms with Crippen LogP contribution in [0.5, 0.6) is 5.75 Å². The van der Waals surface area contributed by atoms with E-state index < -0.39 is 0 Å². The van der Waals surface area contributed by atoms with E-state index in [-0.39, 0.29) is 5.54 Å². The lowest BCUT2D eigenvalue weighted by molar-refractivity contribution is 0.0645. The highest BCUT2D eigenvalue weighted by Gasteiger charge is 2.34. The molecule has 0 amide bonds. The normalized spacial score (nSPS) is 19.4. The maximum absolute atomic E-state index is 5.84. The zero-order chi connectivity index (χ0) is 12.5. The van der Waals surface area contributed by atoms with Gasteiger partial charge in [-0.05, 0) is 32.3 Å². The van der Waals surface area contributed by atoms with Crippen LogP contribution < -0.4 is 15.4 Å². The van der Waals surface area contributed by atoms with Gasteiger partial charge >= 0.3 is 0 Å². The van der Waals surface area contributed by atoms with E-state index in [4.69, 9.17) is 15.2 Å². The van der Waals surface area contributed by atoms with Crippen molar-refractivity contribution in [1.82, 2.24) is 4.37 Å². The molecule has 0 spiro atoms. The van der Waals surface area contributed by atoms with Gasteiger partial charge in [0.25, 0.3) is 0 Å². The molecule has 2 heterocycles. The van der Waals surface area contributed by atoms with Crippen molar-refractivity contribution < 1.29 is 9.47 Å². The molecule has 6 heteroatoms. The van der Waals surface area contributed by atoms with Crippen LogP contribution in [0.15, 0.2) is 0 Å². The highest BCUT2D eigenvalue weighted by Crippen LogP contribution is 2.41. The molecule has 0 aromatic carbocycles. The Bertz CT molecular complexity index is 392. The van der Waals surface area contributed by atoms with Crippen molar-refractivity contribution in [2.45, 2.75) is 26.3 Å². The Kier molecular flexibility index (Phi) is 3.44. The summed E-state index contributed by atoms with van der Waals surface area (Å²) in [5.41, 5.74) is 5.79. The lowest BCUT2D eigenvalue weighted by Crippen LogP contribution is -2.53. The summed E-state index contributed by atoms with van der Waals surface area (Å²) in [6.07, 6.45) is 0. The number of rotatable bonds is 3. The topological polar surface area (TPSA) is 60.6 Å². The summed E-state index contributed by atoms with van der Waals surface area (Å²) in [4.78, 5) is 2.27. The van der Waals surface area contributed by atoms with Crippen molar-refractivity contribution >= 4 is 22.4 Å². The van der Waals surface area contributed by atoms with E-state index in [1.807, 2.05) is 6.92 Å². The van der Waals surface area contributed by atoms with Gasteiger partial charge in [0, 0.05) is 6.54 Å². The third-order valence-electron chi connectivity index (χ3n) is 2.84. The summed E-state index contributed by atoms with van der Waals surface area (Å²) in [5.74, 6) is 1.20. The van der Waals surface area contributed by atoms with E-state index in [1.165, 1.54) is 11.5 Å². The van der Waals surface area contributed by atoms with E-state index in [9.17, 15) is 0 Å². The molecule has 2 rings (SSSR count). The van der Waals surface area contributed by atoms with Crippen molar-refractivity contribution in [3.05, 3.63) is 0 Å². The number of aromatic nitrogens is 1. The Balaban J connectivity index is 2.32. The monoisotopic (exact) mass is 257 g/mol. The first-order valence-electron chi connectivity index (χ1n) is 5.79. The van der Waals surface area contributed by atoms with Crippen molar-refractivity contribution in [1.29, 1.82) is 0 Å². The van der Waals surface area contributed by atoms with Crippen molar-refractivity contribution in [3.63, 3.8) is 0 Å². The molecule has 2 N–H and O–H groups in total. The largest absolute Gasteiger partial charge is 0.487 e. The van der Waals surface area contributed by atoms with Crippen molar-refractivity contribution in [2.75, 3.05) is 37.0 Å². The van der Waals surface area contributed by atoms with Crippen LogP contribution in [0.2, 0.25) is 0 Å². The Morgan fingerprint density at radius 3 is 3.00 bits per heavy atom. The predicted molar refractivity (Wildman–Crippen MR) is 69.9 cm³/mol. The van der Waals surface area contributed by atoms with Gasteiger partial charge in [0.1, 0.15) is 0 Å². The number of anilines is 2. The fraction of sp³-hybridized carbons (Fsp3) is 0.727. The molecule has 0 bridgehead atoms. The van der Waals surface area contributed by atoms with Gasteiger partial charge in [-0.1, -0.05) is 0 Å². The molecule has 5 nitrogen and oxygen atoms in total. The van der Waals surface area contributed by atoms with E-state index >= 15 is 0 Å². The molecule has 0 unspecified atom stereocenters. The summed E-state index contributed by atoms with van der Waals surface area (Å²) >= 11 is 1.40. The zero-order valence-corrected chi connectivity index (χ0v) is 11.3. The standard InChI is InChI=1S/C11H19N3O2S/c1-4-16-8-9(12)13-17-10(8)14-5-6-15-7-11(14,2)3/h4-7H2,1-3H3,(H2,12,13). The van der Waals surface area contributed by atoms with Crippen molar-refractivity contribution in [2.24, 2.45) is 0 Å². The van der Waals surface area contributed by atoms with Crippen LogP contribution in [0.25, 0.3) is 0 Å². The highest BCUT2D eigenvalue weighted by molar-refractivity contribution is 7.11. The molecule has 1 aromatic heterocycles. The smallest absolute Gasteiger partial charge is 0.197 e. The molecule has 1 aromatic rings. The average molecular weight is 257 g/mol. The van der Waals surface area contributed by atoms with Crippen LogP contribution in [0, 0.1) is 0 Å². The lowest BCUT2D eigenvalue weighted by Gasteiger charge is -2.42. The van der Waals surface area contributed by atoms with Gasteiger partial charge < -0.3 is 20.1 Å². The first kappa shape index (κ1) is 12.4. The van der Waals surface area contributed by atoms with Gasteiger partial charge in [-0.15, -0.1) is 0 Å². The van der Waals surface area contributed by atoms with Gasteiger partial charge in [0.15, 0.2) is 16.6 Å². The summed E-state index contributed by atoms with van der Waals surface area (Å²) in [6, 6.07) is 0. The second-order valence-corrected chi connectivity index (χ2v) is 5.40. The SMILES string of the molecule is CCOc1c(N)nsc1N1CCOCC1(C)C. The number of nitrogen functional groups attached to an aromatic ring is 1. The third-order valence-corrected chi connectivity index (χ3v) is 3.70. The summed E-state index contributed by atoms with van der Waals surface area (Å²) in [5, 5.41) is 1.01. The number of hydrogen-bond donors (Lipinski definition) is 1. The molecule has 1 aliphatic rings. The number of nitrogens with two attached hydrogens (primary N) is 1. The number of ether oxygens (including phenoxy) is 2. The fourth-order valence-electron chi connectivity index (χ4n) is 1.97. The molecule has 0 saturated carbocycles. The molecule has 1 fully saturated rings. The molecule has 0 radical (unpaired) electrons. The quantitative estimate of drug-likeness (QED) is 0.893. The summed E-state index contributed by atoms with van der Waals surface area (Å²) < 4.78 is 15.3. The van der Waals surface area contributed by atoms with Crippen LogP contribution in [0.3, 0.4) is 0 Å². The minimum absolute atomic E-state index is 0.0525. The molecular weight excluding hydrogens is 238 g/mol. The third kappa shape index (κ3) is 2.32. The second-order valence-electron chi connectivity index (χ2n) is 4.65. The maximum Gasteiger partial charge on any atom is 0.197 e. The van der Waals surface area contributed by atoms with Crippen LogP contribution in [-0.4, -0.2) is 36.3 Å². The minimum atomic E-state index is -0.0525. The van der Waals surface area contributed by atoms with Gasteiger partial charge in [-0.3, -0.25) is 0 Å². The molecular formula is C11H19N3O2S. The van der Waals surface area contributed by atoms with Crippen LogP contribution in [0.1, 0.15) is 20.8 Å². The molecule has 1 aliphatic heterocycles. The van der Waals surface area contributed by atoms with Gasteiger partial charge in [-0.25, -0.2) is 0 Å². The number of nitrogens with zero attached hydrogens (tertiary/aromatic N) is 2. The van der Waals surface area contributed by atoms with Gasteiger partial charge in [-0.2, -0.15) is 4.37 Å². The zero-order valence-electron chi connectivity index (χ0n) is 10.5. The Hall–Kier alpha value is -1.01. The number of hydrogen-bond acceptors (Lipinski definition) is 6. The predicted octanol–water partition coefficient (Wildman–Crippen LogP) is 1.74. The van der Waals surface area contributed by atoms with E-state index in [0.717, 1.165) is 18.2 Å². The summed E-state index contributed by atoms with van der Waals surface area (Å²) in [6.45, 7) is 9.12. The van der Waals surface area contributed by atoms with Crippen LogP contribution in [0.4, 0.5) is 10.8 Å².